The van der Waals surface area contributed by atoms with Crippen molar-refractivity contribution in [3.63, 3.8) is 0 Å². The van der Waals surface area contributed by atoms with E-state index in [4.69, 9.17) is 18.9 Å². The molecule has 1 heterocycles. The van der Waals surface area contributed by atoms with Gasteiger partial charge in [0.15, 0.2) is 11.5 Å². The Bertz CT molecular complexity index is 1200. The van der Waals surface area contributed by atoms with Crippen LogP contribution in [0.4, 0.5) is 10.5 Å². The van der Waals surface area contributed by atoms with Crippen LogP contribution >= 0.6 is 22.6 Å². The van der Waals surface area contributed by atoms with Gasteiger partial charge in [0.2, 0.25) is 0 Å². The van der Waals surface area contributed by atoms with Crippen molar-refractivity contribution in [2.45, 2.75) is 40.2 Å². The fraction of sp³-hybridized carbons (Fsp3) is 0.346. The number of nitrogens with zero attached hydrogens (tertiary/aromatic N) is 1. The first-order valence-corrected chi connectivity index (χ1v) is 12.7. The highest BCUT2D eigenvalue weighted by molar-refractivity contribution is 14.1. The average Bonchev–Trinajstić information content (AvgIpc) is 2.84. The summed E-state index contributed by atoms with van der Waals surface area (Å²) in [5.74, 6) is 0.228. The molecule has 0 radical (unpaired) electrons. The summed E-state index contributed by atoms with van der Waals surface area (Å²) in [6.45, 7) is 8.30. The second-order valence-corrected chi connectivity index (χ2v) is 8.99. The molecule has 2 aromatic rings. The van der Waals surface area contributed by atoms with Gasteiger partial charge in [-0.1, -0.05) is 6.92 Å². The Morgan fingerprint density at radius 2 is 1.75 bits per heavy atom. The number of imide groups is 2. The Kier molecular flexibility index (Phi) is 9.19. The van der Waals surface area contributed by atoms with Gasteiger partial charge in [0.05, 0.1) is 35.7 Å². The third-order valence-corrected chi connectivity index (χ3v) is 6.14. The van der Waals surface area contributed by atoms with E-state index in [0.717, 1.165) is 14.9 Å². The van der Waals surface area contributed by atoms with Crippen LogP contribution in [0.2, 0.25) is 0 Å². The molecule has 3 rings (SSSR count). The lowest BCUT2D eigenvalue weighted by atomic mass is 10.1. The molecule has 1 atom stereocenters. The van der Waals surface area contributed by atoms with E-state index in [1.165, 1.54) is 19.3 Å². The summed E-state index contributed by atoms with van der Waals surface area (Å²) < 4.78 is 23.4. The molecule has 36 heavy (non-hydrogen) atoms. The van der Waals surface area contributed by atoms with Gasteiger partial charge in [-0.3, -0.25) is 14.9 Å². The van der Waals surface area contributed by atoms with E-state index in [0.29, 0.717) is 41.8 Å². The fourth-order valence-corrected chi connectivity index (χ4v) is 4.22. The highest BCUT2D eigenvalue weighted by Crippen LogP contribution is 2.37. The number of amides is 4. The highest BCUT2D eigenvalue weighted by atomic mass is 127. The van der Waals surface area contributed by atoms with Gasteiger partial charge in [-0.15, -0.1) is 0 Å². The molecule has 1 aliphatic heterocycles. The molecule has 10 heteroatoms. The lowest BCUT2D eigenvalue weighted by Gasteiger charge is -2.28. The van der Waals surface area contributed by atoms with Crippen molar-refractivity contribution in [2.24, 2.45) is 0 Å². The van der Waals surface area contributed by atoms with E-state index in [1.54, 1.807) is 31.2 Å². The number of hydrogen-bond donors (Lipinski definition) is 1. The van der Waals surface area contributed by atoms with E-state index >= 15 is 0 Å². The molecule has 1 saturated heterocycles. The van der Waals surface area contributed by atoms with Crippen molar-refractivity contribution in [1.29, 1.82) is 0 Å². The van der Waals surface area contributed by atoms with Crippen molar-refractivity contribution in [3.05, 3.63) is 45.0 Å². The van der Waals surface area contributed by atoms with E-state index in [-0.39, 0.29) is 17.4 Å². The third kappa shape index (κ3) is 5.92. The molecule has 1 fully saturated rings. The summed E-state index contributed by atoms with van der Waals surface area (Å²) in [5.41, 5.74) is 0.495. The molecule has 1 N–H and O–H groups in total. The number of rotatable bonds is 10. The number of ether oxygens (including phenoxy) is 4. The minimum absolute atomic E-state index is 0.0196. The summed E-state index contributed by atoms with van der Waals surface area (Å²) in [5, 5.41) is 2.24. The number of urea groups is 1. The van der Waals surface area contributed by atoms with Crippen molar-refractivity contribution in [3.8, 4) is 23.0 Å². The normalized spacial score (nSPS) is 15.6. The fourth-order valence-electron chi connectivity index (χ4n) is 3.47. The minimum atomic E-state index is -0.874. The van der Waals surface area contributed by atoms with Crippen molar-refractivity contribution < 1.29 is 33.3 Å². The molecule has 0 aliphatic carbocycles. The van der Waals surface area contributed by atoms with Crippen LogP contribution in [0.1, 0.15) is 39.7 Å². The standard InChI is InChI=1S/C26H29IN2O7/c1-6-15(4)36-23-19(27)12-16(13-22(23)33-5)11-18-24(30)28-26(32)29(25(18)31)20-14-17(34-7-2)9-10-21(20)35-8-3/h9-15H,6-8H2,1-5H3,(H,28,30,32)/b18-11+/t15-/m1/s1. The van der Waals surface area contributed by atoms with Gasteiger partial charge in [0.1, 0.15) is 17.1 Å². The average molecular weight is 608 g/mol. The van der Waals surface area contributed by atoms with Crippen molar-refractivity contribution in [2.75, 3.05) is 25.2 Å². The highest BCUT2D eigenvalue weighted by Gasteiger charge is 2.38. The third-order valence-electron chi connectivity index (χ3n) is 5.34. The van der Waals surface area contributed by atoms with Crippen LogP contribution < -0.4 is 29.2 Å². The Morgan fingerprint density at radius 3 is 2.39 bits per heavy atom. The maximum absolute atomic E-state index is 13.5. The van der Waals surface area contributed by atoms with Crippen LogP contribution in [-0.4, -0.2) is 44.3 Å². The second kappa shape index (κ2) is 12.1. The summed E-state index contributed by atoms with van der Waals surface area (Å²) >= 11 is 2.12. The smallest absolute Gasteiger partial charge is 0.336 e. The van der Waals surface area contributed by atoms with E-state index < -0.39 is 17.8 Å². The number of halogens is 1. The number of barbiturate groups is 1. The van der Waals surface area contributed by atoms with Crippen LogP contribution in [0.5, 0.6) is 23.0 Å². The van der Waals surface area contributed by atoms with Gasteiger partial charge in [-0.2, -0.15) is 0 Å². The summed E-state index contributed by atoms with van der Waals surface area (Å²) in [6, 6.07) is 7.41. The molecule has 9 nitrogen and oxygen atoms in total. The lowest BCUT2D eigenvalue weighted by Crippen LogP contribution is -2.54. The molecule has 1 aliphatic rings. The first-order valence-electron chi connectivity index (χ1n) is 11.6. The zero-order valence-corrected chi connectivity index (χ0v) is 23.0. The van der Waals surface area contributed by atoms with E-state index in [9.17, 15) is 14.4 Å². The maximum atomic E-state index is 13.5. The molecular weight excluding hydrogens is 579 g/mol. The SMILES string of the molecule is CCOc1ccc(OCC)c(N2C(=O)NC(=O)/C(=C\c3cc(I)c(O[C@H](C)CC)c(OC)c3)C2=O)c1. The van der Waals surface area contributed by atoms with Gasteiger partial charge in [0.25, 0.3) is 11.8 Å². The van der Waals surface area contributed by atoms with Gasteiger partial charge >= 0.3 is 6.03 Å². The zero-order chi connectivity index (χ0) is 26.4. The van der Waals surface area contributed by atoms with Gasteiger partial charge in [0, 0.05) is 6.07 Å². The largest absolute Gasteiger partial charge is 0.494 e. The van der Waals surface area contributed by atoms with Gasteiger partial charge in [-0.05, 0) is 85.7 Å². The lowest BCUT2D eigenvalue weighted by molar-refractivity contribution is -0.122. The van der Waals surface area contributed by atoms with Crippen LogP contribution in [0.25, 0.3) is 6.08 Å². The van der Waals surface area contributed by atoms with Crippen molar-refractivity contribution >= 4 is 52.2 Å². The Balaban J connectivity index is 2.06. The molecule has 192 valence electrons. The molecule has 0 spiro atoms. The van der Waals surface area contributed by atoms with Crippen molar-refractivity contribution in [1.82, 2.24) is 5.32 Å². The first kappa shape index (κ1) is 27.3. The maximum Gasteiger partial charge on any atom is 0.336 e. The van der Waals surface area contributed by atoms with Gasteiger partial charge in [-0.25, -0.2) is 9.69 Å². The Labute approximate surface area is 223 Å². The quantitative estimate of drug-likeness (QED) is 0.232. The number of benzene rings is 2. The predicted octanol–water partition coefficient (Wildman–Crippen LogP) is 4.94. The van der Waals surface area contributed by atoms with Crippen LogP contribution in [0, 0.1) is 3.57 Å². The molecule has 0 saturated carbocycles. The molecule has 4 amide bonds. The molecule has 0 bridgehead atoms. The van der Waals surface area contributed by atoms with Crippen LogP contribution in [0.15, 0.2) is 35.9 Å². The number of nitrogens with one attached hydrogen (secondary N) is 1. The molecule has 0 unspecified atom stereocenters. The summed E-state index contributed by atoms with van der Waals surface area (Å²) in [6.07, 6.45) is 2.22. The topological polar surface area (TPSA) is 103 Å². The Hall–Kier alpha value is -3.28. The number of methoxy groups -OCH3 is 1. The summed E-state index contributed by atoms with van der Waals surface area (Å²) in [4.78, 5) is 39.9. The molecular formula is C26H29IN2O7. The number of hydrogen-bond acceptors (Lipinski definition) is 7. The first-order chi connectivity index (χ1) is 17.2. The van der Waals surface area contributed by atoms with Crippen LogP contribution in [0.3, 0.4) is 0 Å². The Morgan fingerprint density at radius 1 is 1.03 bits per heavy atom. The number of anilines is 1. The minimum Gasteiger partial charge on any atom is -0.494 e. The molecule has 0 aromatic heterocycles. The number of carbonyl (C=O) groups is 3. The summed E-state index contributed by atoms with van der Waals surface area (Å²) in [7, 11) is 1.52. The second-order valence-electron chi connectivity index (χ2n) is 7.82. The zero-order valence-electron chi connectivity index (χ0n) is 20.8. The van der Waals surface area contributed by atoms with E-state index in [1.807, 2.05) is 20.8 Å². The monoisotopic (exact) mass is 608 g/mol. The van der Waals surface area contributed by atoms with E-state index in [2.05, 4.69) is 27.9 Å². The predicted molar refractivity (Wildman–Crippen MR) is 144 cm³/mol. The number of carbonyl (C=O) groups excluding carboxylic acids is 3. The molecule has 2 aromatic carbocycles. The van der Waals surface area contributed by atoms with Crippen LogP contribution in [-0.2, 0) is 9.59 Å². The van der Waals surface area contributed by atoms with Gasteiger partial charge < -0.3 is 18.9 Å².